The Morgan fingerprint density at radius 2 is 1.76 bits per heavy atom. The molecule has 1 heterocycles. The van der Waals surface area contributed by atoms with E-state index in [1.807, 2.05) is 19.9 Å². The van der Waals surface area contributed by atoms with E-state index >= 15 is 0 Å². The van der Waals surface area contributed by atoms with Gasteiger partial charge in [-0.25, -0.2) is 8.78 Å². The van der Waals surface area contributed by atoms with Crippen LogP contribution in [-0.4, -0.2) is 10.9 Å². The zero-order valence-corrected chi connectivity index (χ0v) is 12.1. The predicted molar refractivity (Wildman–Crippen MR) is 76.0 cm³/mol. The van der Waals surface area contributed by atoms with E-state index < -0.39 is 23.1 Å². The van der Waals surface area contributed by atoms with Crippen LogP contribution in [0, 0.1) is 32.4 Å². The number of nitrogens with one attached hydrogen (secondary N) is 1. The molecule has 0 saturated carbocycles. The summed E-state index contributed by atoms with van der Waals surface area (Å²) in [6, 6.07) is 6.04. The monoisotopic (exact) mass is 290 g/mol. The second-order valence-electron chi connectivity index (χ2n) is 4.94. The fraction of sp³-hybridized carbons (Fsp3) is 0.250. The second kappa shape index (κ2) is 5.99. The first kappa shape index (κ1) is 15.1. The number of halogens is 2. The first-order valence-electron chi connectivity index (χ1n) is 6.56. The van der Waals surface area contributed by atoms with Crippen molar-refractivity contribution < 1.29 is 13.6 Å². The Morgan fingerprint density at radius 1 is 1.10 bits per heavy atom. The Kier molecular flexibility index (Phi) is 4.31. The average Bonchev–Trinajstić information content (AvgIpc) is 2.44. The summed E-state index contributed by atoms with van der Waals surface area (Å²) < 4.78 is 27.4. The number of benzene rings is 1. The lowest BCUT2D eigenvalue weighted by Crippen LogP contribution is -2.26. The zero-order valence-electron chi connectivity index (χ0n) is 12.1. The third kappa shape index (κ3) is 3.24. The number of carbonyl (C=O) groups is 1. The van der Waals surface area contributed by atoms with Crippen LogP contribution >= 0.6 is 0 Å². The summed E-state index contributed by atoms with van der Waals surface area (Å²) in [7, 11) is 0. The molecule has 0 saturated heterocycles. The minimum atomic E-state index is -0.872. The van der Waals surface area contributed by atoms with Gasteiger partial charge >= 0.3 is 0 Å². The molecule has 0 radical (unpaired) electrons. The van der Waals surface area contributed by atoms with Gasteiger partial charge in [0.25, 0.3) is 5.91 Å². The average molecular weight is 290 g/mol. The van der Waals surface area contributed by atoms with Crippen LogP contribution in [-0.2, 0) is 6.54 Å². The molecule has 2 rings (SSSR count). The second-order valence-corrected chi connectivity index (χ2v) is 4.94. The molecule has 21 heavy (non-hydrogen) atoms. The molecule has 0 spiro atoms. The number of amides is 1. The van der Waals surface area contributed by atoms with Crippen molar-refractivity contribution in [1.29, 1.82) is 0 Å². The van der Waals surface area contributed by atoms with E-state index in [0.29, 0.717) is 5.69 Å². The summed E-state index contributed by atoms with van der Waals surface area (Å²) in [5.41, 5.74) is 2.21. The molecule has 0 fully saturated rings. The largest absolute Gasteiger partial charge is 0.346 e. The summed E-state index contributed by atoms with van der Waals surface area (Å²) in [6.45, 7) is 5.39. The number of aromatic nitrogens is 1. The van der Waals surface area contributed by atoms with Crippen LogP contribution in [0.15, 0.2) is 24.3 Å². The van der Waals surface area contributed by atoms with Gasteiger partial charge in [0, 0.05) is 5.69 Å². The maximum atomic E-state index is 13.8. The highest BCUT2D eigenvalue weighted by Crippen LogP contribution is 2.16. The van der Waals surface area contributed by atoms with Crippen LogP contribution in [0.5, 0.6) is 0 Å². The summed E-state index contributed by atoms with van der Waals surface area (Å²) in [6.07, 6.45) is 0. The molecule has 2 aromatic rings. The Morgan fingerprint density at radius 3 is 2.43 bits per heavy atom. The van der Waals surface area contributed by atoms with Crippen LogP contribution in [0.4, 0.5) is 8.78 Å². The minimum absolute atomic E-state index is 0.118. The summed E-state index contributed by atoms with van der Waals surface area (Å²) in [4.78, 5) is 16.2. The number of hydrogen-bond acceptors (Lipinski definition) is 2. The molecule has 0 unspecified atom stereocenters. The maximum Gasteiger partial charge on any atom is 0.257 e. The normalized spacial score (nSPS) is 10.5. The van der Waals surface area contributed by atoms with Crippen LogP contribution in [0.1, 0.15) is 32.9 Å². The molecule has 0 aliphatic carbocycles. The molecule has 1 amide bonds. The number of rotatable bonds is 3. The van der Waals surface area contributed by atoms with Gasteiger partial charge in [0.15, 0.2) is 0 Å². The highest BCUT2D eigenvalue weighted by molar-refractivity contribution is 5.94. The SMILES string of the molecule is Cc1ccc(CNC(=O)c2c(F)ccc(C)c2F)nc1C. The van der Waals surface area contributed by atoms with Gasteiger partial charge in [-0.2, -0.15) is 0 Å². The van der Waals surface area contributed by atoms with Crippen LogP contribution < -0.4 is 5.32 Å². The molecule has 0 atom stereocenters. The van der Waals surface area contributed by atoms with Crippen molar-refractivity contribution in [2.75, 3.05) is 0 Å². The van der Waals surface area contributed by atoms with Gasteiger partial charge in [-0.1, -0.05) is 12.1 Å². The van der Waals surface area contributed by atoms with Gasteiger partial charge in [-0.3, -0.25) is 9.78 Å². The summed E-state index contributed by atoms with van der Waals surface area (Å²) >= 11 is 0. The smallest absolute Gasteiger partial charge is 0.257 e. The molecule has 0 aliphatic heterocycles. The lowest BCUT2D eigenvalue weighted by molar-refractivity contribution is 0.0941. The number of aryl methyl sites for hydroxylation is 3. The highest BCUT2D eigenvalue weighted by atomic mass is 19.1. The van der Waals surface area contributed by atoms with Gasteiger partial charge in [0.05, 0.1) is 12.2 Å². The van der Waals surface area contributed by atoms with Gasteiger partial charge in [0.1, 0.15) is 17.2 Å². The van der Waals surface area contributed by atoms with E-state index in [1.165, 1.54) is 13.0 Å². The number of hydrogen-bond donors (Lipinski definition) is 1. The van der Waals surface area contributed by atoms with Crippen molar-refractivity contribution >= 4 is 5.91 Å². The molecule has 0 aliphatic rings. The Bertz CT molecular complexity index is 699. The quantitative estimate of drug-likeness (QED) is 0.943. The molecule has 110 valence electrons. The molecule has 3 nitrogen and oxygen atoms in total. The number of pyridine rings is 1. The standard InChI is InChI=1S/C16H16F2N2O/c1-9-4-6-12(20-11(9)3)8-19-16(21)14-13(17)7-5-10(2)15(14)18/h4-7H,8H2,1-3H3,(H,19,21). The third-order valence-corrected chi connectivity index (χ3v) is 3.35. The minimum Gasteiger partial charge on any atom is -0.346 e. The highest BCUT2D eigenvalue weighted by Gasteiger charge is 2.18. The molecule has 0 bridgehead atoms. The first-order valence-corrected chi connectivity index (χ1v) is 6.56. The van der Waals surface area contributed by atoms with E-state index in [0.717, 1.165) is 17.3 Å². The van der Waals surface area contributed by atoms with Gasteiger partial charge < -0.3 is 5.32 Å². The molecular weight excluding hydrogens is 274 g/mol. The Labute approximate surface area is 122 Å². The fourth-order valence-corrected chi connectivity index (χ4v) is 1.91. The zero-order chi connectivity index (χ0) is 15.6. The molecule has 1 N–H and O–H groups in total. The van der Waals surface area contributed by atoms with Crippen molar-refractivity contribution in [3.05, 3.63) is 64.0 Å². The van der Waals surface area contributed by atoms with Gasteiger partial charge in [0.2, 0.25) is 0 Å². The van der Waals surface area contributed by atoms with E-state index in [4.69, 9.17) is 0 Å². The molecule has 1 aromatic heterocycles. The van der Waals surface area contributed by atoms with Gasteiger partial charge in [-0.15, -0.1) is 0 Å². The molecule has 1 aromatic carbocycles. The van der Waals surface area contributed by atoms with E-state index in [-0.39, 0.29) is 12.1 Å². The van der Waals surface area contributed by atoms with Crippen molar-refractivity contribution in [3.8, 4) is 0 Å². The molecular formula is C16H16F2N2O. The summed E-state index contributed by atoms with van der Waals surface area (Å²) in [5, 5.41) is 2.49. The predicted octanol–water partition coefficient (Wildman–Crippen LogP) is 3.22. The topological polar surface area (TPSA) is 42.0 Å². The summed E-state index contributed by atoms with van der Waals surface area (Å²) in [5.74, 6) is -2.49. The number of carbonyl (C=O) groups excluding carboxylic acids is 1. The fourth-order valence-electron chi connectivity index (χ4n) is 1.91. The van der Waals surface area contributed by atoms with Crippen molar-refractivity contribution in [2.45, 2.75) is 27.3 Å². The molecule has 5 heteroatoms. The first-order chi connectivity index (χ1) is 9.90. The van der Waals surface area contributed by atoms with Crippen molar-refractivity contribution in [3.63, 3.8) is 0 Å². The van der Waals surface area contributed by atoms with E-state index in [1.54, 1.807) is 6.07 Å². The third-order valence-electron chi connectivity index (χ3n) is 3.35. The van der Waals surface area contributed by atoms with Crippen LogP contribution in [0.2, 0.25) is 0 Å². The van der Waals surface area contributed by atoms with Crippen molar-refractivity contribution in [1.82, 2.24) is 10.3 Å². The lowest BCUT2D eigenvalue weighted by atomic mass is 10.1. The van der Waals surface area contributed by atoms with Crippen molar-refractivity contribution in [2.24, 2.45) is 0 Å². The number of nitrogens with zero attached hydrogens (tertiary/aromatic N) is 1. The lowest BCUT2D eigenvalue weighted by Gasteiger charge is -2.09. The Hall–Kier alpha value is -2.30. The maximum absolute atomic E-state index is 13.8. The van der Waals surface area contributed by atoms with Crippen LogP contribution in [0.25, 0.3) is 0 Å². The van der Waals surface area contributed by atoms with Gasteiger partial charge in [-0.05, 0) is 44.0 Å². The Balaban J connectivity index is 2.15. The van der Waals surface area contributed by atoms with E-state index in [9.17, 15) is 13.6 Å². The van der Waals surface area contributed by atoms with E-state index in [2.05, 4.69) is 10.3 Å². The van der Waals surface area contributed by atoms with Crippen LogP contribution in [0.3, 0.4) is 0 Å².